The first kappa shape index (κ1) is 9.54. The summed E-state index contributed by atoms with van der Waals surface area (Å²) < 4.78 is 0. The molecular formula is C10H18N2. The van der Waals surface area contributed by atoms with Crippen LogP contribution in [-0.2, 0) is 0 Å². The minimum Gasteiger partial charge on any atom is -0.290 e. The smallest absolute Gasteiger partial charge is 0.0866 e. The minimum atomic E-state index is 0.608. The summed E-state index contributed by atoms with van der Waals surface area (Å²) in [7, 11) is 0. The normalized spacial score (nSPS) is 32.4. The predicted molar refractivity (Wildman–Crippen MR) is 49.6 cm³/mol. The summed E-state index contributed by atoms with van der Waals surface area (Å²) in [5.74, 6) is 1.60. The second-order valence-electron chi connectivity index (χ2n) is 4.13. The summed E-state index contributed by atoms with van der Waals surface area (Å²) in [4.78, 5) is 2.27. The van der Waals surface area contributed by atoms with Crippen LogP contribution in [0.2, 0.25) is 0 Å². The number of hydrogen-bond acceptors (Lipinski definition) is 2. The molecule has 2 atom stereocenters. The molecule has 1 aliphatic heterocycles. The Labute approximate surface area is 75.2 Å². The number of nitrogens with zero attached hydrogens (tertiary/aromatic N) is 2. The standard InChI is InChI=1S/C10H18N2/c1-9-3-5-12(6-4-11)8-10(2)7-9/h9-10H,3,5-8H2,1-2H3. The topological polar surface area (TPSA) is 27.0 Å². The molecule has 0 aromatic rings. The van der Waals surface area contributed by atoms with Crippen molar-refractivity contribution in [3.8, 4) is 6.07 Å². The Kier molecular flexibility index (Phi) is 3.55. The zero-order valence-electron chi connectivity index (χ0n) is 8.08. The second kappa shape index (κ2) is 4.47. The Bertz CT molecular complexity index is 171. The van der Waals surface area contributed by atoms with Crippen molar-refractivity contribution in [3.63, 3.8) is 0 Å². The fraction of sp³-hybridized carbons (Fsp3) is 0.900. The molecule has 0 N–H and O–H groups in total. The number of rotatable bonds is 1. The van der Waals surface area contributed by atoms with Crippen LogP contribution >= 0.6 is 0 Å². The van der Waals surface area contributed by atoms with Crippen molar-refractivity contribution >= 4 is 0 Å². The maximum atomic E-state index is 8.57. The summed E-state index contributed by atoms with van der Waals surface area (Å²) >= 11 is 0. The highest BCUT2D eigenvalue weighted by molar-refractivity contribution is 4.80. The summed E-state index contributed by atoms with van der Waals surface area (Å²) in [5.41, 5.74) is 0. The second-order valence-corrected chi connectivity index (χ2v) is 4.13. The Hall–Kier alpha value is -0.550. The van der Waals surface area contributed by atoms with Gasteiger partial charge in [0, 0.05) is 6.54 Å². The molecule has 68 valence electrons. The first-order valence-electron chi connectivity index (χ1n) is 4.81. The number of likely N-dealkylation sites (tertiary alicyclic amines) is 1. The molecule has 0 radical (unpaired) electrons. The van der Waals surface area contributed by atoms with Crippen molar-refractivity contribution < 1.29 is 0 Å². The third-order valence-electron chi connectivity index (χ3n) is 2.61. The van der Waals surface area contributed by atoms with Crippen molar-refractivity contribution in [2.75, 3.05) is 19.6 Å². The van der Waals surface area contributed by atoms with Gasteiger partial charge in [-0.2, -0.15) is 5.26 Å². The first-order valence-corrected chi connectivity index (χ1v) is 4.81. The van der Waals surface area contributed by atoms with Gasteiger partial charge in [0.2, 0.25) is 0 Å². The first-order chi connectivity index (χ1) is 5.72. The lowest BCUT2D eigenvalue weighted by Crippen LogP contribution is -2.27. The Morgan fingerprint density at radius 3 is 2.83 bits per heavy atom. The molecule has 2 heteroatoms. The molecule has 0 amide bonds. The fourth-order valence-electron chi connectivity index (χ4n) is 2.06. The van der Waals surface area contributed by atoms with E-state index in [1.807, 2.05) is 0 Å². The molecule has 0 aliphatic carbocycles. The van der Waals surface area contributed by atoms with Crippen molar-refractivity contribution in [1.29, 1.82) is 5.26 Å². The van der Waals surface area contributed by atoms with E-state index in [9.17, 15) is 0 Å². The average Bonchev–Trinajstić information content (AvgIpc) is 2.13. The van der Waals surface area contributed by atoms with E-state index in [1.165, 1.54) is 12.8 Å². The SMILES string of the molecule is CC1CCN(CC#N)CC(C)C1. The lowest BCUT2D eigenvalue weighted by molar-refractivity contribution is 0.285. The van der Waals surface area contributed by atoms with Gasteiger partial charge >= 0.3 is 0 Å². The van der Waals surface area contributed by atoms with E-state index < -0.39 is 0 Å². The van der Waals surface area contributed by atoms with E-state index >= 15 is 0 Å². The highest BCUT2D eigenvalue weighted by Crippen LogP contribution is 2.20. The van der Waals surface area contributed by atoms with Gasteiger partial charge in [0.05, 0.1) is 12.6 Å². The molecule has 2 unspecified atom stereocenters. The molecule has 1 rings (SSSR count). The van der Waals surface area contributed by atoms with Gasteiger partial charge in [-0.15, -0.1) is 0 Å². The molecule has 1 fully saturated rings. The van der Waals surface area contributed by atoms with E-state index in [0.29, 0.717) is 6.54 Å². The molecule has 1 aliphatic rings. The van der Waals surface area contributed by atoms with Crippen LogP contribution in [0.4, 0.5) is 0 Å². The molecule has 12 heavy (non-hydrogen) atoms. The van der Waals surface area contributed by atoms with Crippen molar-refractivity contribution in [1.82, 2.24) is 4.90 Å². The molecule has 0 spiro atoms. The largest absolute Gasteiger partial charge is 0.290 e. The van der Waals surface area contributed by atoms with E-state index in [0.717, 1.165) is 24.9 Å². The van der Waals surface area contributed by atoms with Gasteiger partial charge in [-0.3, -0.25) is 4.90 Å². The number of nitriles is 1. The lowest BCUT2D eigenvalue weighted by atomic mass is 9.97. The molecule has 1 heterocycles. The van der Waals surface area contributed by atoms with Crippen LogP contribution in [0.25, 0.3) is 0 Å². The van der Waals surface area contributed by atoms with Crippen LogP contribution < -0.4 is 0 Å². The molecule has 0 bridgehead atoms. The number of hydrogen-bond donors (Lipinski definition) is 0. The maximum Gasteiger partial charge on any atom is 0.0866 e. The van der Waals surface area contributed by atoms with Gasteiger partial charge in [-0.05, 0) is 31.2 Å². The average molecular weight is 166 g/mol. The zero-order valence-corrected chi connectivity index (χ0v) is 8.08. The van der Waals surface area contributed by atoms with E-state index in [1.54, 1.807) is 0 Å². The van der Waals surface area contributed by atoms with Gasteiger partial charge in [0.1, 0.15) is 0 Å². The van der Waals surface area contributed by atoms with Crippen LogP contribution in [0.5, 0.6) is 0 Å². The quantitative estimate of drug-likeness (QED) is 0.556. The van der Waals surface area contributed by atoms with E-state index in [-0.39, 0.29) is 0 Å². The molecular weight excluding hydrogens is 148 g/mol. The van der Waals surface area contributed by atoms with E-state index in [2.05, 4.69) is 24.8 Å². The van der Waals surface area contributed by atoms with Gasteiger partial charge in [-0.1, -0.05) is 13.8 Å². The van der Waals surface area contributed by atoms with Crippen LogP contribution in [0.3, 0.4) is 0 Å². The highest BCUT2D eigenvalue weighted by Gasteiger charge is 2.18. The molecule has 1 saturated heterocycles. The van der Waals surface area contributed by atoms with Gasteiger partial charge in [-0.25, -0.2) is 0 Å². The predicted octanol–water partition coefficient (Wildman–Crippen LogP) is 1.88. The van der Waals surface area contributed by atoms with Crippen molar-refractivity contribution in [2.45, 2.75) is 26.7 Å². The lowest BCUT2D eigenvalue weighted by Gasteiger charge is -2.18. The summed E-state index contributed by atoms with van der Waals surface area (Å²) in [6.45, 7) is 7.42. The van der Waals surface area contributed by atoms with Crippen LogP contribution in [0.1, 0.15) is 26.7 Å². The Morgan fingerprint density at radius 2 is 2.17 bits per heavy atom. The molecule has 2 nitrogen and oxygen atoms in total. The highest BCUT2D eigenvalue weighted by atomic mass is 15.1. The molecule has 0 aromatic carbocycles. The molecule has 0 aromatic heterocycles. The van der Waals surface area contributed by atoms with Gasteiger partial charge in [0.15, 0.2) is 0 Å². The molecule has 0 saturated carbocycles. The third kappa shape index (κ3) is 2.83. The van der Waals surface area contributed by atoms with Crippen molar-refractivity contribution in [2.24, 2.45) is 11.8 Å². The van der Waals surface area contributed by atoms with Crippen molar-refractivity contribution in [3.05, 3.63) is 0 Å². The van der Waals surface area contributed by atoms with Gasteiger partial charge < -0.3 is 0 Å². The maximum absolute atomic E-state index is 8.57. The zero-order chi connectivity index (χ0) is 8.97. The van der Waals surface area contributed by atoms with Crippen LogP contribution in [0, 0.1) is 23.2 Å². The van der Waals surface area contributed by atoms with Crippen LogP contribution in [0.15, 0.2) is 0 Å². The Morgan fingerprint density at radius 1 is 1.42 bits per heavy atom. The monoisotopic (exact) mass is 166 g/mol. The fourth-order valence-corrected chi connectivity index (χ4v) is 2.06. The third-order valence-corrected chi connectivity index (χ3v) is 2.61. The Balaban J connectivity index is 2.42. The summed E-state index contributed by atoms with van der Waals surface area (Å²) in [6, 6.07) is 2.23. The van der Waals surface area contributed by atoms with E-state index in [4.69, 9.17) is 5.26 Å². The minimum absolute atomic E-state index is 0.608. The summed E-state index contributed by atoms with van der Waals surface area (Å²) in [6.07, 6.45) is 2.58. The van der Waals surface area contributed by atoms with Crippen LogP contribution in [-0.4, -0.2) is 24.5 Å². The summed E-state index contributed by atoms with van der Waals surface area (Å²) in [5, 5.41) is 8.57. The van der Waals surface area contributed by atoms with Gasteiger partial charge in [0.25, 0.3) is 0 Å².